The van der Waals surface area contributed by atoms with Crippen LogP contribution < -0.4 is 5.32 Å². The number of para-hydroxylation sites is 1. The molecule has 1 fully saturated rings. The van der Waals surface area contributed by atoms with E-state index in [0.717, 1.165) is 21.9 Å². The van der Waals surface area contributed by atoms with Crippen molar-refractivity contribution in [2.24, 2.45) is 5.92 Å². The van der Waals surface area contributed by atoms with Crippen molar-refractivity contribution in [3.63, 3.8) is 0 Å². The SMILES string of the molecule is CC(C)COC(=O)N1C[C@H](O)C[C@@H]1C(=O)Nc1ccc2oc3ccccc3c2c1. The standard InChI is InChI=1S/C22H24N2O5/c1-13(2)12-28-22(27)24-11-15(25)10-18(24)21(26)23-14-7-8-20-17(9-14)16-5-3-4-6-19(16)29-20/h3-9,13,15,18,25H,10-12H2,1-2H3,(H,23,26)/t15-,18-/m1/s1. The molecule has 0 radical (unpaired) electrons. The highest BCUT2D eigenvalue weighted by Gasteiger charge is 2.40. The molecule has 2 heterocycles. The van der Waals surface area contributed by atoms with E-state index in [9.17, 15) is 14.7 Å². The van der Waals surface area contributed by atoms with Gasteiger partial charge in [0.1, 0.15) is 17.2 Å². The summed E-state index contributed by atoms with van der Waals surface area (Å²) in [5.74, 6) is -0.162. The summed E-state index contributed by atoms with van der Waals surface area (Å²) in [5, 5.41) is 14.7. The Morgan fingerprint density at radius 1 is 1.21 bits per heavy atom. The van der Waals surface area contributed by atoms with Crippen molar-refractivity contribution in [2.45, 2.75) is 32.4 Å². The summed E-state index contributed by atoms with van der Waals surface area (Å²) in [7, 11) is 0. The highest BCUT2D eigenvalue weighted by atomic mass is 16.6. The van der Waals surface area contributed by atoms with Gasteiger partial charge in [0.05, 0.1) is 19.3 Å². The smallest absolute Gasteiger partial charge is 0.410 e. The Morgan fingerprint density at radius 3 is 2.76 bits per heavy atom. The van der Waals surface area contributed by atoms with E-state index in [-0.39, 0.29) is 31.4 Å². The second-order valence-corrected chi connectivity index (χ2v) is 7.83. The maximum Gasteiger partial charge on any atom is 0.410 e. The van der Waals surface area contributed by atoms with Gasteiger partial charge in [0.25, 0.3) is 0 Å². The first-order valence-electron chi connectivity index (χ1n) is 9.76. The van der Waals surface area contributed by atoms with Crippen LogP contribution in [0.15, 0.2) is 46.9 Å². The number of benzene rings is 2. The molecule has 4 rings (SSSR count). The summed E-state index contributed by atoms with van der Waals surface area (Å²) in [6.07, 6.45) is -1.15. The fraction of sp³-hybridized carbons (Fsp3) is 0.364. The van der Waals surface area contributed by atoms with Crippen LogP contribution in [0.3, 0.4) is 0 Å². The molecular weight excluding hydrogens is 372 g/mol. The summed E-state index contributed by atoms with van der Waals surface area (Å²) in [4.78, 5) is 26.5. The van der Waals surface area contributed by atoms with Gasteiger partial charge in [0.15, 0.2) is 0 Å². The number of carbonyl (C=O) groups is 2. The molecule has 1 aromatic heterocycles. The summed E-state index contributed by atoms with van der Waals surface area (Å²) < 4.78 is 11.1. The van der Waals surface area contributed by atoms with Crippen LogP contribution in [0.1, 0.15) is 20.3 Å². The van der Waals surface area contributed by atoms with E-state index < -0.39 is 18.2 Å². The van der Waals surface area contributed by atoms with Gasteiger partial charge in [-0.25, -0.2) is 4.79 Å². The molecule has 2 amide bonds. The molecule has 0 spiro atoms. The van der Waals surface area contributed by atoms with Gasteiger partial charge in [-0.05, 0) is 30.2 Å². The first kappa shape index (κ1) is 19.3. The number of rotatable bonds is 4. The van der Waals surface area contributed by atoms with Crippen LogP contribution in [0.5, 0.6) is 0 Å². The molecular formula is C22H24N2O5. The van der Waals surface area contributed by atoms with E-state index in [2.05, 4.69) is 5.32 Å². The van der Waals surface area contributed by atoms with Gasteiger partial charge in [-0.1, -0.05) is 32.0 Å². The van der Waals surface area contributed by atoms with Crippen LogP contribution in [-0.2, 0) is 9.53 Å². The minimum Gasteiger partial charge on any atom is -0.456 e. The highest BCUT2D eigenvalue weighted by Crippen LogP contribution is 2.31. The lowest BCUT2D eigenvalue weighted by atomic mass is 10.1. The maximum atomic E-state index is 12.9. The Bertz CT molecular complexity index is 1060. The third-order valence-corrected chi connectivity index (χ3v) is 5.00. The number of amides is 2. The number of hydrogen-bond acceptors (Lipinski definition) is 5. The normalized spacial score (nSPS) is 19.2. The summed E-state index contributed by atoms with van der Waals surface area (Å²) in [6, 6.07) is 12.3. The number of anilines is 1. The summed E-state index contributed by atoms with van der Waals surface area (Å²) in [5.41, 5.74) is 2.12. The Hall–Kier alpha value is -3.06. The molecule has 1 saturated heterocycles. The van der Waals surface area contributed by atoms with Gasteiger partial charge in [0.2, 0.25) is 5.91 Å². The molecule has 2 N–H and O–H groups in total. The first-order valence-corrected chi connectivity index (χ1v) is 9.76. The molecule has 0 saturated carbocycles. The van der Waals surface area contributed by atoms with Crippen LogP contribution in [0.25, 0.3) is 21.9 Å². The third-order valence-electron chi connectivity index (χ3n) is 5.00. The lowest BCUT2D eigenvalue weighted by Crippen LogP contribution is -2.43. The lowest BCUT2D eigenvalue weighted by molar-refractivity contribution is -0.120. The Kier molecular flexibility index (Phi) is 5.15. The lowest BCUT2D eigenvalue weighted by Gasteiger charge is -2.23. The number of likely N-dealkylation sites (tertiary alicyclic amines) is 1. The van der Waals surface area contributed by atoms with E-state index >= 15 is 0 Å². The number of carbonyl (C=O) groups excluding carboxylic acids is 2. The van der Waals surface area contributed by atoms with E-state index in [0.29, 0.717) is 5.69 Å². The molecule has 7 nitrogen and oxygen atoms in total. The van der Waals surface area contributed by atoms with Gasteiger partial charge in [-0.2, -0.15) is 0 Å². The number of aliphatic hydroxyl groups excluding tert-OH is 1. The van der Waals surface area contributed by atoms with Gasteiger partial charge < -0.3 is 19.6 Å². The Balaban J connectivity index is 1.53. The van der Waals surface area contributed by atoms with Crippen molar-refractivity contribution < 1.29 is 23.8 Å². The fourth-order valence-electron chi connectivity index (χ4n) is 3.61. The molecule has 29 heavy (non-hydrogen) atoms. The number of ether oxygens (including phenoxy) is 1. The van der Waals surface area contributed by atoms with Crippen LogP contribution in [0.4, 0.5) is 10.5 Å². The van der Waals surface area contributed by atoms with Crippen LogP contribution >= 0.6 is 0 Å². The van der Waals surface area contributed by atoms with E-state index in [1.165, 1.54) is 4.90 Å². The molecule has 0 bridgehead atoms. The van der Waals surface area contributed by atoms with Crippen molar-refractivity contribution in [2.75, 3.05) is 18.5 Å². The number of nitrogens with zero attached hydrogens (tertiary/aromatic N) is 1. The van der Waals surface area contributed by atoms with Crippen molar-refractivity contribution in [1.29, 1.82) is 0 Å². The summed E-state index contributed by atoms with van der Waals surface area (Å²) in [6.45, 7) is 4.22. The van der Waals surface area contributed by atoms with Crippen LogP contribution in [0, 0.1) is 5.92 Å². The number of furan rings is 1. The zero-order chi connectivity index (χ0) is 20.5. The van der Waals surface area contributed by atoms with Gasteiger partial charge >= 0.3 is 6.09 Å². The predicted molar refractivity (Wildman–Crippen MR) is 110 cm³/mol. The molecule has 1 aliphatic rings. The second-order valence-electron chi connectivity index (χ2n) is 7.83. The van der Waals surface area contributed by atoms with Crippen molar-refractivity contribution >= 4 is 39.6 Å². The average Bonchev–Trinajstić information content (AvgIpc) is 3.26. The number of nitrogens with one attached hydrogen (secondary N) is 1. The maximum absolute atomic E-state index is 12.9. The minimum absolute atomic E-state index is 0.0837. The third kappa shape index (κ3) is 3.91. The largest absolute Gasteiger partial charge is 0.456 e. The van der Waals surface area contributed by atoms with Gasteiger partial charge in [-0.3, -0.25) is 9.69 Å². The quantitative estimate of drug-likeness (QED) is 0.701. The van der Waals surface area contributed by atoms with Crippen molar-refractivity contribution in [3.05, 3.63) is 42.5 Å². The molecule has 7 heteroatoms. The van der Waals surface area contributed by atoms with Crippen LogP contribution in [-0.4, -0.2) is 47.3 Å². The number of aliphatic hydroxyl groups is 1. The number of hydrogen-bond donors (Lipinski definition) is 2. The molecule has 152 valence electrons. The molecule has 2 atom stereocenters. The van der Waals surface area contributed by atoms with Crippen molar-refractivity contribution in [3.8, 4) is 0 Å². The fourth-order valence-corrected chi connectivity index (χ4v) is 3.61. The minimum atomic E-state index is -0.776. The Labute approximate surface area is 168 Å². The zero-order valence-electron chi connectivity index (χ0n) is 16.4. The van der Waals surface area contributed by atoms with E-state index in [1.54, 1.807) is 6.07 Å². The van der Waals surface area contributed by atoms with Crippen LogP contribution in [0.2, 0.25) is 0 Å². The molecule has 0 unspecified atom stereocenters. The highest BCUT2D eigenvalue weighted by molar-refractivity contribution is 6.07. The predicted octanol–water partition coefficient (Wildman–Crippen LogP) is 3.75. The second kappa shape index (κ2) is 7.75. The number of fused-ring (bicyclic) bond motifs is 3. The average molecular weight is 396 g/mol. The monoisotopic (exact) mass is 396 g/mol. The number of β-amino-alcohol motifs (C(OH)–C–C–N with tert-alkyl or cyclic N) is 1. The molecule has 1 aliphatic heterocycles. The zero-order valence-corrected chi connectivity index (χ0v) is 16.4. The Morgan fingerprint density at radius 2 is 1.97 bits per heavy atom. The molecule has 2 aromatic carbocycles. The first-order chi connectivity index (χ1) is 13.9. The van der Waals surface area contributed by atoms with Crippen molar-refractivity contribution in [1.82, 2.24) is 4.90 Å². The molecule has 3 aromatic rings. The van der Waals surface area contributed by atoms with E-state index in [4.69, 9.17) is 9.15 Å². The topological polar surface area (TPSA) is 92.0 Å². The van der Waals surface area contributed by atoms with Gasteiger partial charge in [-0.15, -0.1) is 0 Å². The van der Waals surface area contributed by atoms with E-state index in [1.807, 2.05) is 50.2 Å². The summed E-state index contributed by atoms with van der Waals surface area (Å²) >= 11 is 0. The molecule has 0 aliphatic carbocycles. The van der Waals surface area contributed by atoms with Gasteiger partial charge in [0, 0.05) is 22.9 Å².